The topological polar surface area (TPSA) is 46.3 Å². The van der Waals surface area contributed by atoms with Crippen LogP contribution in [0.25, 0.3) is 0 Å². The van der Waals surface area contributed by atoms with E-state index in [2.05, 4.69) is 30.0 Å². The van der Waals surface area contributed by atoms with E-state index in [0.717, 1.165) is 12.1 Å². The molecule has 0 bridgehead atoms. The Kier molecular flexibility index (Phi) is 2.97. The number of fused-ring (bicyclic) bond motifs is 1. The van der Waals surface area contributed by atoms with Gasteiger partial charge in [0.15, 0.2) is 5.78 Å². The van der Waals surface area contributed by atoms with Crippen molar-refractivity contribution in [2.45, 2.75) is 26.3 Å². The molecular weight excluding hydrogens is 248 g/mol. The normalized spacial score (nSPS) is 17.1. The summed E-state index contributed by atoms with van der Waals surface area (Å²) in [5, 5.41) is 0. The lowest BCUT2D eigenvalue weighted by Gasteiger charge is -2.25. The third-order valence-electron chi connectivity index (χ3n) is 3.90. The Labute approximate surface area is 119 Å². The largest absolute Gasteiger partial charge is 0.398 e. The number of nitrogens with zero attached hydrogens (tertiary/aromatic N) is 1. The van der Waals surface area contributed by atoms with Gasteiger partial charge in [0.2, 0.25) is 0 Å². The Morgan fingerprint density at radius 1 is 1.25 bits per heavy atom. The van der Waals surface area contributed by atoms with Gasteiger partial charge in [-0.1, -0.05) is 18.2 Å². The van der Waals surface area contributed by atoms with Crippen molar-refractivity contribution in [1.82, 2.24) is 0 Å². The van der Waals surface area contributed by atoms with E-state index in [1.165, 1.54) is 11.3 Å². The molecule has 2 N–H and O–H groups in total. The molecule has 3 heteroatoms. The Hall–Kier alpha value is -2.29. The predicted octanol–water partition coefficient (Wildman–Crippen LogP) is 3.55. The quantitative estimate of drug-likeness (QED) is 0.668. The first-order valence-electron chi connectivity index (χ1n) is 6.85. The zero-order chi connectivity index (χ0) is 14.3. The van der Waals surface area contributed by atoms with Gasteiger partial charge in [0.1, 0.15) is 0 Å². The van der Waals surface area contributed by atoms with Crippen LogP contribution >= 0.6 is 0 Å². The molecule has 0 saturated heterocycles. The third-order valence-corrected chi connectivity index (χ3v) is 3.90. The molecule has 2 aromatic rings. The van der Waals surface area contributed by atoms with E-state index in [4.69, 9.17) is 5.73 Å². The molecule has 102 valence electrons. The minimum absolute atomic E-state index is 0.00415. The van der Waals surface area contributed by atoms with Gasteiger partial charge in [-0.25, -0.2) is 0 Å². The summed E-state index contributed by atoms with van der Waals surface area (Å²) in [5.41, 5.74) is 10.6. The van der Waals surface area contributed by atoms with Gasteiger partial charge in [-0.2, -0.15) is 0 Å². The molecule has 0 aliphatic carbocycles. The van der Waals surface area contributed by atoms with Gasteiger partial charge in [0.05, 0.1) is 0 Å². The van der Waals surface area contributed by atoms with Gasteiger partial charge in [-0.05, 0) is 50.1 Å². The van der Waals surface area contributed by atoms with Crippen LogP contribution in [0, 0.1) is 0 Å². The molecule has 0 radical (unpaired) electrons. The average molecular weight is 266 g/mol. The average Bonchev–Trinajstić information content (AvgIpc) is 2.75. The van der Waals surface area contributed by atoms with Crippen LogP contribution in [0.5, 0.6) is 0 Å². The number of Topliss-reactive ketones (excluding diaryl/α,β-unsaturated/α-hetero) is 1. The Morgan fingerprint density at radius 3 is 2.75 bits per heavy atom. The Bertz CT molecular complexity index is 678. The molecule has 1 heterocycles. The van der Waals surface area contributed by atoms with Gasteiger partial charge in [0, 0.05) is 28.7 Å². The summed E-state index contributed by atoms with van der Waals surface area (Å²) >= 11 is 0. The SMILES string of the molecule is CC(=O)c1cc(N2c3ccccc3CC2C)ccc1N. The van der Waals surface area contributed by atoms with E-state index >= 15 is 0 Å². The van der Waals surface area contributed by atoms with Crippen molar-refractivity contribution in [3.63, 3.8) is 0 Å². The van der Waals surface area contributed by atoms with E-state index in [1.54, 1.807) is 6.92 Å². The maximum absolute atomic E-state index is 11.7. The first-order chi connectivity index (χ1) is 9.58. The summed E-state index contributed by atoms with van der Waals surface area (Å²) in [4.78, 5) is 13.9. The van der Waals surface area contributed by atoms with Crippen molar-refractivity contribution in [3.8, 4) is 0 Å². The molecule has 0 spiro atoms. The van der Waals surface area contributed by atoms with Crippen LogP contribution in [-0.4, -0.2) is 11.8 Å². The van der Waals surface area contributed by atoms with Gasteiger partial charge >= 0.3 is 0 Å². The van der Waals surface area contributed by atoms with E-state index in [-0.39, 0.29) is 5.78 Å². The number of hydrogen-bond donors (Lipinski definition) is 1. The van der Waals surface area contributed by atoms with E-state index in [1.807, 2.05) is 24.3 Å². The van der Waals surface area contributed by atoms with Crippen LogP contribution in [0.1, 0.15) is 29.8 Å². The Morgan fingerprint density at radius 2 is 2.00 bits per heavy atom. The maximum atomic E-state index is 11.7. The number of benzene rings is 2. The lowest BCUT2D eigenvalue weighted by Crippen LogP contribution is -2.24. The van der Waals surface area contributed by atoms with Crippen molar-refractivity contribution in [2.24, 2.45) is 0 Å². The van der Waals surface area contributed by atoms with Gasteiger partial charge in [0.25, 0.3) is 0 Å². The number of nitrogen functional groups attached to an aromatic ring is 1. The fourth-order valence-electron chi connectivity index (χ4n) is 2.96. The molecule has 0 fully saturated rings. The van der Waals surface area contributed by atoms with Gasteiger partial charge in [-0.15, -0.1) is 0 Å². The van der Waals surface area contributed by atoms with Crippen LogP contribution < -0.4 is 10.6 Å². The van der Waals surface area contributed by atoms with E-state index in [9.17, 15) is 4.79 Å². The van der Waals surface area contributed by atoms with Crippen molar-refractivity contribution in [1.29, 1.82) is 0 Å². The molecular formula is C17H18N2O. The molecule has 1 atom stereocenters. The minimum atomic E-state index is 0.00415. The highest BCUT2D eigenvalue weighted by atomic mass is 16.1. The molecule has 1 aliphatic heterocycles. The minimum Gasteiger partial charge on any atom is -0.398 e. The number of carbonyl (C=O) groups excluding carboxylic acids is 1. The summed E-state index contributed by atoms with van der Waals surface area (Å²) in [7, 11) is 0. The van der Waals surface area contributed by atoms with Crippen LogP contribution in [0.4, 0.5) is 17.1 Å². The second-order valence-corrected chi connectivity index (χ2v) is 5.38. The zero-order valence-corrected chi connectivity index (χ0v) is 11.8. The molecule has 3 rings (SSSR count). The highest BCUT2D eigenvalue weighted by Gasteiger charge is 2.27. The zero-order valence-electron chi connectivity index (χ0n) is 11.8. The number of anilines is 3. The smallest absolute Gasteiger partial charge is 0.161 e. The molecule has 0 amide bonds. The van der Waals surface area contributed by atoms with E-state index in [0.29, 0.717) is 17.3 Å². The molecule has 1 unspecified atom stereocenters. The lowest BCUT2D eigenvalue weighted by atomic mass is 10.1. The van der Waals surface area contributed by atoms with Crippen LogP contribution in [0.2, 0.25) is 0 Å². The standard InChI is InChI=1S/C17H18N2O/c1-11-9-13-5-3-4-6-17(13)19(11)14-7-8-16(18)15(10-14)12(2)20/h3-8,10-11H,9,18H2,1-2H3. The maximum Gasteiger partial charge on any atom is 0.161 e. The predicted molar refractivity (Wildman–Crippen MR) is 82.6 cm³/mol. The monoisotopic (exact) mass is 266 g/mol. The van der Waals surface area contributed by atoms with Crippen molar-refractivity contribution in [2.75, 3.05) is 10.6 Å². The first kappa shape index (κ1) is 12.7. The van der Waals surface area contributed by atoms with Crippen LogP contribution in [-0.2, 0) is 6.42 Å². The summed E-state index contributed by atoms with van der Waals surface area (Å²) in [6.07, 6.45) is 1.02. The summed E-state index contributed by atoms with van der Waals surface area (Å²) in [6.45, 7) is 3.75. The number of ketones is 1. The molecule has 20 heavy (non-hydrogen) atoms. The lowest BCUT2D eigenvalue weighted by molar-refractivity contribution is 0.101. The molecule has 2 aromatic carbocycles. The molecule has 1 aliphatic rings. The first-order valence-corrected chi connectivity index (χ1v) is 6.85. The van der Waals surface area contributed by atoms with E-state index < -0.39 is 0 Å². The van der Waals surface area contributed by atoms with Crippen molar-refractivity contribution in [3.05, 3.63) is 53.6 Å². The van der Waals surface area contributed by atoms with Gasteiger partial charge < -0.3 is 10.6 Å². The van der Waals surface area contributed by atoms with Crippen molar-refractivity contribution < 1.29 is 4.79 Å². The fourth-order valence-corrected chi connectivity index (χ4v) is 2.96. The number of rotatable bonds is 2. The second-order valence-electron chi connectivity index (χ2n) is 5.38. The number of carbonyl (C=O) groups is 1. The van der Waals surface area contributed by atoms with Gasteiger partial charge in [-0.3, -0.25) is 4.79 Å². The van der Waals surface area contributed by atoms with Crippen LogP contribution in [0.15, 0.2) is 42.5 Å². The number of hydrogen-bond acceptors (Lipinski definition) is 3. The fraction of sp³-hybridized carbons (Fsp3) is 0.235. The summed E-state index contributed by atoms with van der Waals surface area (Å²) < 4.78 is 0. The number of para-hydroxylation sites is 1. The van der Waals surface area contributed by atoms with Crippen LogP contribution in [0.3, 0.4) is 0 Å². The highest BCUT2D eigenvalue weighted by molar-refractivity contribution is 6.00. The number of nitrogens with two attached hydrogens (primary N) is 1. The summed E-state index contributed by atoms with van der Waals surface area (Å²) in [5.74, 6) is 0.00415. The Balaban J connectivity index is 2.10. The molecule has 0 saturated carbocycles. The second kappa shape index (κ2) is 4.67. The highest BCUT2D eigenvalue weighted by Crippen LogP contribution is 2.38. The summed E-state index contributed by atoms with van der Waals surface area (Å²) in [6, 6.07) is 14.5. The molecule has 0 aromatic heterocycles. The third kappa shape index (κ3) is 1.95. The molecule has 3 nitrogen and oxygen atoms in total. The van der Waals surface area contributed by atoms with Crippen molar-refractivity contribution >= 4 is 22.8 Å².